The van der Waals surface area contributed by atoms with E-state index in [2.05, 4.69) is 0 Å². The standard InChI is InChI=1S/C16H21FO4/c1-4-9(5-10-6-12(10)16(18)19)11-7-14(20-2)15(21-3)8-13(11)17/h7-10,12H,4-6H2,1-3H3,(H,18,19). The number of carboxylic acid groups (broad SMARTS) is 1. The molecule has 2 rings (SSSR count). The molecule has 0 amide bonds. The summed E-state index contributed by atoms with van der Waals surface area (Å²) in [5.41, 5.74) is 0.575. The molecule has 1 aliphatic carbocycles. The predicted molar refractivity (Wildman–Crippen MR) is 76.4 cm³/mol. The predicted octanol–water partition coefficient (Wildman–Crippen LogP) is 3.45. The summed E-state index contributed by atoms with van der Waals surface area (Å²) in [6, 6.07) is 3.00. The molecule has 1 aliphatic rings. The van der Waals surface area contributed by atoms with Gasteiger partial charge in [-0.15, -0.1) is 0 Å². The zero-order chi connectivity index (χ0) is 15.6. The molecule has 0 aromatic heterocycles. The van der Waals surface area contributed by atoms with Crippen LogP contribution >= 0.6 is 0 Å². The van der Waals surface area contributed by atoms with Crippen molar-refractivity contribution in [1.82, 2.24) is 0 Å². The van der Waals surface area contributed by atoms with Gasteiger partial charge in [-0.2, -0.15) is 0 Å². The van der Waals surface area contributed by atoms with E-state index in [1.54, 1.807) is 6.07 Å². The molecule has 1 aromatic carbocycles. The summed E-state index contributed by atoms with van der Waals surface area (Å²) >= 11 is 0. The van der Waals surface area contributed by atoms with Gasteiger partial charge in [-0.3, -0.25) is 4.79 Å². The smallest absolute Gasteiger partial charge is 0.306 e. The number of rotatable bonds is 7. The van der Waals surface area contributed by atoms with E-state index in [4.69, 9.17) is 14.6 Å². The van der Waals surface area contributed by atoms with Gasteiger partial charge in [0.2, 0.25) is 0 Å². The third-order valence-electron chi connectivity index (χ3n) is 4.26. The van der Waals surface area contributed by atoms with Crippen LogP contribution in [-0.2, 0) is 4.79 Å². The Morgan fingerprint density at radius 3 is 2.48 bits per heavy atom. The second kappa shape index (κ2) is 6.33. The first-order valence-corrected chi connectivity index (χ1v) is 7.16. The van der Waals surface area contributed by atoms with E-state index >= 15 is 0 Å². The van der Waals surface area contributed by atoms with Gasteiger partial charge in [0.15, 0.2) is 11.5 Å². The first-order valence-electron chi connectivity index (χ1n) is 7.16. The first kappa shape index (κ1) is 15.6. The fourth-order valence-electron chi connectivity index (χ4n) is 2.87. The molecule has 0 spiro atoms. The maximum Gasteiger partial charge on any atom is 0.306 e. The molecule has 0 aliphatic heterocycles. The highest BCUT2D eigenvalue weighted by molar-refractivity contribution is 5.73. The van der Waals surface area contributed by atoms with Crippen LogP contribution in [0.5, 0.6) is 11.5 Å². The van der Waals surface area contributed by atoms with Gasteiger partial charge in [-0.1, -0.05) is 6.92 Å². The second-order valence-corrected chi connectivity index (χ2v) is 5.51. The molecule has 0 radical (unpaired) electrons. The number of carboxylic acids is 1. The van der Waals surface area contributed by atoms with E-state index in [0.717, 1.165) is 6.42 Å². The zero-order valence-electron chi connectivity index (χ0n) is 12.6. The molecule has 3 unspecified atom stereocenters. The molecule has 1 saturated carbocycles. The van der Waals surface area contributed by atoms with Gasteiger partial charge >= 0.3 is 5.97 Å². The van der Waals surface area contributed by atoms with Crippen molar-refractivity contribution in [2.45, 2.75) is 32.1 Å². The molecule has 21 heavy (non-hydrogen) atoms. The van der Waals surface area contributed by atoms with Crippen molar-refractivity contribution in [2.75, 3.05) is 14.2 Å². The van der Waals surface area contributed by atoms with Crippen molar-refractivity contribution in [3.8, 4) is 11.5 Å². The summed E-state index contributed by atoms with van der Waals surface area (Å²) in [5.74, 6) is -0.322. The molecule has 0 bridgehead atoms. The van der Waals surface area contributed by atoms with Crippen LogP contribution in [0.15, 0.2) is 12.1 Å². The lowest BCUT2D eigenvalue weighted by atomic mass is 9.90. The normalized spacial score (nSPS) is 21.7. The Labute approximate surface area is 123 Å². The molecular formula is C16H21FO4. The molecule has 0 heterocycles. The maximum atomic E-state index is 14.3. The van der Waals surface area contributed by atoms with Crippen LogP contribution in [0.1, 0.15) is 37.7 Å². The quantitative estimate of drug-likeness (QED) is 0.837. The van der Waals surface area contributed by atoms with Gasteiger partial charge in [-0.25, -0.2) is 4.39 Å². The Balaban J connectivity index is 2.20. The van der Waals surface area contributed by atoms with E-state index in [0.29, 0.717) is 29.9 Å². The number of hydrogen-bond acceptors (Lipinski definition) is 3. The van der Waals surface area contributed by atoms with Crippen molar-refractivity contribution >= 4 is 5.97 Å². The Hall–Kier alpha value is -1.78. The molecule has 1 fully saturated rings. The van der Waals surface area contributed by atoms with Gasteiger partial charge < -0.3 is 14.6 Å². The third kappa shape index (κ3) is 3.28. The largest absolute Gasteiger partial charge is 0.493 e. The first-order chi connectivity index (χ1) is 10.0. The summed E-state index contributed by atoms with van der Waals surface area (Å²) in [6.07, 6.45) is 2.15. The van der Waals surface area contributed by atoms with Crippen LogP contribution < -0.4 is 9.47 Å². The van der Waals surface area contributed by atoms with E-state index in [1.165, 1.54) is 20.3 Å². The molecule has 1 N–H and O–H groups in total. The highest BCUT2D eigenvalue weighted by Gasteiger charge is 2.44. The van der Waals surface area contributed by atoms with Gasteiger partial charge in [-0.05, 0) is 42.7 Å². The Morgan fingerprint density at radius 1 is 1.38 bits per heavy atom. The molecule has 0 saturated heterocycles. The van der Waals surface area contributed by atoms with Crippen LogP contribution in [0.25, 0.3) is 0 Å². The molecule has 116 valence electrons. The zero-order valence-corrected chi connectivity index (χ0v) is 12.6. The lowest BCUT2D eigenvalue weighted by Gasteiger charge is -2.18. The van der Waals surface area contributed by atoms with Crippen molar-refractivity contribution in [3.63, 3.8) is 0 Å². The SMILES string of the molecule is CCC(CC1CC1C(=O)O)c1cc(OC)c(OC)cc1F. The lowest BCUT2D eigenvalue weighted by molar-refractivity contribution is -0.138. The van der Waals surface area contributed by atoms with Crippen LogP contribution in [0, 0.1) is 17.7 Å². The van der Waals surface area contributed by atoms with Crippen LogP contribution in [0.3, 0.4) is 0 Å². The summed E-state index contributed by atoms with van der Waals surface area (Å²) in [4.78, 5) is 10.9. The van der Waals surface area contributed by atoms with Crippen molar-refractivity contribution < 1.29 is 23.8 Å². The van der Waals surface area contributed by atoms with Crippen LogP contribution in [0.2, 0.25) is 0 Å². The van der Waals surface area contributed by atoms with Gasteiger partial charge in [0.1, 0.15) is 5.82 Å². The highest BCUT2D eigenvalue weighted by atomic mass is 19.1. The number of ether oxygens (including phenoxy) is 2. The average molecular weight is 296 g/mol. The Bertz CT molecular complexity index is 529. The van der Waals surface area contributed by atoms with Crippen LogP contribution in [0.4, 0.5) is 4.39 Å². The highest BCUT2D eigenvalue weighted by Crippen LogP contribution is 2.47. The van der Waals surface area contributed by atoms with Crippen molar-refractivity contribution in [3.05, 3.63) is 23.5 Å². The fourth-order valence-corrected chi connectivity index (χ4v) is 2.87. The fraction of sp³-hybridized carbons (Fsp3) is 0.562. The molecular weight excluding hydrogens is 275 g/mol. The summed E-state index contributed by atoms with van der Waals surface area (Å²) in [7, 11) is 2.98. The number of halogens is 1. The van der Waals surface area contributed by atoms with Gasteiger partial charge in [0, 0.05) is 6.07 Å². The minimum atomic E-state index is -0.748. The van der Waals surface area contributed by atoms with Crippen molar-refractivity contribution in [2.24, 2.45) is 11.8 Å². The number of hydrogen-bond donors (Lipinski definition) is 1. The maximum absolute atomic E-state index is 14.3. The number of aliphatic carboxylic acids is 1. The topological polar surface area (TPSA) is 55.8 Å². The van der Waals surface area contributed by atoms with Gasteiger partial charge in [0.25, 0.3) is 0 Å². The molecule has 5 heteroatoms. The lowest BCUT2D eigenvalue weighted by Crippen LogP contribution is -2.06. The monoisotopic (exact) mass is 296 g/mol. The third-order valence-corrected chi connectivity index (χ3v) is 4.26. The minimum absolute atomic E-state index is 0.000781. The van der Waals surface area contributed by atoms with E-state index in [9.17, 15) is 9.18 Å². The molecule has 3 atom stereocenters. The number of carbonyl (C=O) groups is 1. The average Bonchev–Trinajstić information content (AvgIpc) is 3.24. The molecule has 4 nitrogen and oxygen atoms in total. The summed E-state index contributed by atoms with van der Waals surface area (Å²) in [6.45, 7) is 1.99. The summed E-state index contributed by atoms with van der Waals surface area (Å²) < 4.78 is 24.6. The van der Waals surface area contributed by atoms with Gasteiger partial charge in [0.05, 0.1) is 20.1 Å². The second-order valence-electron chi connectivity index (χ2n) is 5.51. The van der Waals surface area contributed by atoms with E-state index < -0.39 is 5.97 Å². The molecule has 1 aromatic rings. The summed E-state index contributed by atoms with van der Waals surface area (Å²) in [5, 5.41) is 8.97. The van der Waals surface area contributed by atoms with E-state index in [1.807, 2.05) is 6.92 Å². The van der Waals surface area contributed by atoms with Crippen LogP contribution in [-0.4, -0.2) is 25.3 Å². The Kier molecular flexibility index (Phi) is 4.70. The van der Waals surface area contributed by atoms with Crippen molar-refractivity contribution in [1.29, 1.82) is 0 Å². The Morgan fingerprint density at radius 2 is 2.00 bits per heavy atom. The minimum Gasteiger partial charge on any atom is -0.493 e. The number of benzene rings is 1. The number of methoxy groups -OCH3 is 2. The van der Waals surface area contributed by atoms with E-state index in [-0.39, 0.29) is 23.6 Å².